The van der Waals surface area contributed by atoms with Crippen molar-refractivity contribution >= 4 is 11.6 Å². The van der Waals surface area contributed by atoms with Crippen LogP contribution < -0.4 is 10.5 Å². The fraction of sp³-hybridized carbons (Fsp3) is 0.500. The van der Waals surface area contributed by atoms with Crippen LogP contribution in [-0.2, 0) is 15.3 Å². The van der Waals surface area contributed by atoms with E-state index in [1.807, 2.05) is 0 Å². The third kappa shape index (κ3) is 2.40. The van der Waals surface area contributed by atoms with Crippen LogP contribution in [0.2, 0.25) is 5.02 Å². The Morgan fingerprint density at radius 1 is 1.41 bits per heavy atom. The first-order chi connectivity index (χ1) is 8.22. The van der Waals surface area contributed by atoms with Crippen LogP contribution in [0.25, 0.3) is 0 Å². The van der Waals surface area contributed by atoms with Crippen LogP contribution in [0, 0.1) is 0 Å². The van der Waals surface area contributed by atoms with Crippen molar-refractivity contribution in [3.63, 3.8) is 0 Å². The summed E-state index contributed by atoms with van der Waals surface area (Å²) in [6.45, 7) is 1.46. The van der Waals surface area contributed by atoms with Crippen LogP contribution in [0.3, 0.4) is 0 Å². The molecule has 1 aliphatic rings. The van der Waals surface area contributed by atoms with Gasteiger partial charge in [0.1, 0.15) is 5.75 Å². The van der Waals surface area contributed by atoms with Gasteiger partial charge in [-0.2, -0.15) is 0 Å². The lowest BCUT2D eigenvalue weighted by atomic mass is 10.0. The van der Waals surface area contributed by atoms with E-state index in [2.05, 4.69) is 0 Å². The van der Waals surface area contributed by atoms with Gasteiger partial charge in [-0.1, -0.05) is 11.6 Å². The molecule has 0 aromatic heterocycles. The lowest BCUT2D eigenvalue weighted by Crippen LogP contribution is -2.44. The summed E-state index contributed by atoms with van der Waals surface area (Å²) in [5.41, 5.74) is 6.54. The molecule has 1 saturated heterocycles. The third-order valence-electron chi connectivity index (χ3n) is 2.80. The zero-order valence-corrected chi connectivity index (χ0v) is 10.5. The maximum atomic E-state index is 6.00. The Hall–Kier alpha value is -0.810. The number of hydrogen-bond acceptors (Lipinski definition) is 4. The van der Waals surface area contributed by atoms with Crippen LogP contribution in [0.15, 0.2) is 18.2 Å². The normalized spacial score (nSPS) is 19.0. The highest BCUT2D eigenvalue weighted by atomic mass is 35.5. The molecule has 0 unspecified atom stereocenters. The van der Waals surface area contributed by atoms with Crippen LogP contribution >= 0.6 is 11.6 Å². The van der Waals surface area contributed by atoms with Gasteiger partial charge in [0.15, 0.2) is 0 Å². The zero-order chi connectivity index (χ0) is 12.3. The molecule has 0 spiro atoms. The van der Waals surface area contributed by atoms with E-state index in [4.69, 9.17) is 31.5 Å². The van der Waals surface area contributed by atoms with Crippen LogP contribution in [-0.4, -0.2) is 26.9 Å². The average molecular weight is 258 g/mol. The molecule has 2 N–H and O–H groups in total. The van der Waals surface area contributed by atoms with E-state index in [-0.39, 0.29) is 6.54 Å². The first kappa shape index (κ1) is 12.6. The van der Waals surface area contributed by atoms with Gasteiger partial charge in [0, 0.05) is 5.02 Å². The van der Waals surface area contributed by atoms with Crippen LogP contribution in [0.1, 0.15) is 12.0 Å². The summed E-state index contributed by atoms with van der Waals surface area (Å²) in [7, 11) is 1.60. The molecular formula is C12H16ClNO3. The summed E-state index contributed by atoms with van der Waals surface area (Å²) < 4.78 is 16.7. The van der Waals surface area contributed by atoms with Crippen LogP contribution in [0.4, 0.5) is 0 Å². The van der Waals surface area contributed by atoms with Gasteiger partial charge in [0.25, 0.3) is 0 Å². The van der Waals surface area contributed by atoms with Crippen molar-refractivity contribution in [2.45, 2.75) is 12.2 Å². The van der Waals surface area contributed by atoms with Gasteiger partial charge in [-0.05, 0) is 24.6 Å². The van der Waals surface area contributed by atoms with E-state index in [0.29, 0.717) is 24.0 Å². The second kappa shape index (κ2) is 5.23. The topological polar surface area (TPSA) is 53.7 Å². The first-order valence-corrected chi connectivity index (χ1v) is 5.91. The lowest BCUT2D eigenvalue weighted by molar-refractivity contribution is -0.270. The monoisotopic (exact) mass is 257 g/mol. The molecule has 1 aromatic rings. The minimum Gasteiger partial charge on any atom is -0.496 e. The van der Waals surface area contributed by atoms with Gasteiger partial charge in [-0.15, -0.1) is 0 Å². The molecule has 4 nitrogen and oxygen atoms in total. The fourth-order valence-corrected chi connectivity index (χ4v) is 2.11. The van der Waals surface area contributed by atoms with Gasteiger partial charge >= 0.3 is 0 Å². The molecule has 0 amide bonds. The average Bonchev–Trinajstić information content (AvgIpc) is 2.39. The molecule has 0 aliphatic carbocycles. The number of rotatable bonds is 3. The summed E-state index contributed by atoms with van der Waals surface area (Å²) >= 11 is 6.00. The number of halogens is 1. The van der Waals surface area contributed by atoms with Gasteiger partial charge in [0.2, 0.25) is 5.79 Å². The molecule has 1 heterocycles. The number of benzene rings is 1. The summed E-state index contributed by atoms with van der Waals surface area (Å²) in [5, 5.41) is 0.603. The molecule has 0 radical (unpaired) electrons. The van der Waals surface area contributed by atoms with E-state index in [1.54, 1.807) is 25.3 Å². The minimum atomic E-state index is -0.936. The zero-order valence-electron chi connectivity index (χ0n) is 9.74. The second-order valence-electron chi connectivity index (χ2n) is 3.85. The summed E-state index contributed by atoms with van der Waals surface area (Å²) in [4.78, 5) is 0. The SMILES string of the molecule is COc1ccc(Cl)cc1C1(CN)OCCCO1. The highest BCUT2D eigenvalue weighted by Gasteiger charge is 2.38. The third-order valence-corrected chi connectivity index (χ3v) is 3.03. The Balaban J connectivity index is 2.44. The van der Waals surface area contributed by atoms with E-state index >= 15 is 0 Å². The highest BCUT2D eigenvalue weighted by Crippen LogP contribution is 2.37. The second-order valence-corrected chi connectivity index (χ2v) is 4.29. The molecule has 1 fully saturated rings. The molecule has 0 atom stereocenters. The Kier molecular flexibility index (Phi) is 3.89. The molecule has 0 bridgehead atoms. The number of hydrogen-bond donors (Lipinski definition) is 1. The Bertz CT molecular complexity index is 391. The predicted molar refractivity (Wildman–Crippen MR) is 65.3 cm³/mol. The molecular weight excluding hydrogens is 242 g/mol. The predicted octanol–water partition coefficient (Wildman–Crippen LogP) is 1.90. The van der Waals surface area contributed by atoms with Crippen molar-refractivity contribution < 1.29 is 14.2 Å². The molecule has 1 aromatic carbocycles. The molecule has 17 heavy (non-hydrogen) atoms. The Labute approximate surface area is 106 Å². The lowest BCUT2D eigenvalue weighted by Gasteiger charge is -2.37. The Morgan fingerprint density at radius 3 is 2.71 bits per heavy atom. The highest BCUT2D eigenvalue weighted by molar-refractivity contribution is 6.30. The van der Waals surface area contributed by atoms with Gasteiger partial charge in [0.05, 0.1) is 32.4 Å². The fourth-order valence-electron chi connectivity index (χ4n) is 1.94. The van der Waals surface area contributed by atoms with Crippen LogP contribution in [0.5, 0.6) is 5.75 Å². The maximum absolute atomic E-state index is 6.00. The minimum absolute atomic E-state index is 0.226. The molecule has 0 saturated carbocycles. The number of nitrogens with two attached hydrogens (primary N) is 1. The van der Waals surface area contributed by atoms with Crippen molar-refractivity contribution in [2.75, 3.05) is 26.9 Å². The van der Waals surface area contributed by atoms with Crippen molar-refractivity contribution in [3.05, 3.63) is 28.8 Å². The quantitative estimate of drug-likeness (QED) is 0.899. The van der Waals surface area contributed by atoms with Crippen molar-refractivity contribution in [3.8, 4) is 5.75 Å². The number of methoxy groups -OCH3 is 1. The van der Waals surface area contributed by atoms with Crippen molar-refractivity contribution in [1.29, 1.82) is 0 Å². The van der Waals surface area contributed by atoms with Gasteiger partial charge in [-0.25, -0.2) is 0 Å². The summed E-state index contributed by atoms with van der Waals surface area (Å²) in [6.07, 6.45) is 0.866. The largest absolute Gasteiger partial charge is 0.496 e. The Morgan fingerprint density at radius 2 is 2.12 bits per heavy atom. The van der Waals surface area contributed by atoms with Crippen molar-refractivity contribution in [1.82, 2.24) is 0 Å². The van der Waals surface area contributed by atoms with Gasteiger partial charge < -0.3 is 19.9 Å². The summed E-state index contributed by atoms with van der Waals surface area (Å²) in [6, 6.07) is 5.33. The standard InChI is InChI=1S/C12H16ClNO3/c1-15-11-4-3-9(13)7-10(11)12(8-14)16-5-2-6-17-12/h3-4,7H,2,5-6,8,14H2,1H3. The molecule has 1 aliphatic heterocycles. The maximum Gasteiger partial charge on any atom is 0.211 e. The van der Waals surface area contributed by atoms with E-state index in [1.165, 1.54) is 0 Å². The first-order valence-electron chi connectivity index (χ1n) is 5.54. The van der Waals surface area contributed by atoms with E-state index < -0.39 is 5.79 Å². The smallest absolute Gasteiger partial charge is 0.211 e. The van der Waals surface area contributed by atoms with Crippen molar-refractivity contribution in [2.24, 2.45) is 5.73 Å². The van der Waals surface area contributed by atoms with Gasteiger partial charge in [-0.3, -0.25) is 0 Å². The number of ether oxygens (including phenoxy) is 3. The summed E-state index contributed by atoms with van der Waals surface area (Å²) in [5.74, 6) is -0.268. The van der Waals surface area contributed by atoms with E-state index in [9.17, 15) is 0 Å². The molecule has 5 heteroatoms. The molecule has 2 rings (SSSR count). The molecule has 94 valence electrons. The van der Waals surface area contributed by atoms with E-state index in [0.717, 1.165) is 12.0 Å².